The summed E-state index contributed by atoms with van der Waals surface area (Å²) in [6.45, 7) is 0. The van der Waals surface area contributed by atoms with E-state index in [9.17, 15) is 9.59 Å². The largest absolute Gasteiger partial charge is 0.469 e. The Bertz CT molecular complexity index is 357. The third kappa shape index (κ3) is 4.25. The van der Waals surface area contributed by atoms with Crippen LogP contribution in [0.5, 0.6) is 0 Å². The third-order valence-electron chi connectivity index (χ3n) is 1.94. The van der Waals surface area contributed by atoms with E-state index < -0.39 is 0 Å². The van der Waals surface area contributed by atoms with Crippen molar-refractivity contribution in [1.29, 1.82) is 0 Å². The Hall–Kier alpha value is -1.16. The van der Waals surface area contributed by atoms with Gasteiger partial charge in [-0.05, 0) is 27.1 Å². The fraction of sp³-hybridized carbons (Fsp3) is 0.273. The van der Waals surface area contributed by atoms with E-state index in [2.05, 4.69) is 20.7 Å². The second kappa shape index (κ2) is 5.66. The summed E-state index contributed by atoms with van der Waals surface area (Å²) < 4.78 is 4.50. The predicted octanol–water partition coefficient (Wildman–Crippen LogP) is 1.87. The van der Waals surface area contributed by atoms with E-state index >= 15 is 0 Å². The van der Waals surface area contributed by atoms with Gasteiger partial charge < -0.3 is 4.74 Å². The molecule has 0 saturated carbocycles. The number of ether oxygens (including phenoxy) is 1. The molecule has 0 radical (unpaired) electrons. The molecule has 0 saturated heterocycles. The molecule has 1 aromatic rings. The maximum Gasteiger partial charge on any atom is 0.309 e. The molecule has 0 fully saturated rings. The summed E-state index contributed by atoms with van der Waals surface area (Å²) in [7, 11) is 1.36. The molecule has 0 atom stereocenters. The van der Waals surface area contributed by atoms with Crippen molar-refractivity contribution in [3.8, 4) is 0 Å². The minimum absolute atomic E-state index is 0.0526. The highest BCUT2D eigenvalue weighted by Gasteiger charge is 2.03. The number of halogens is 1. The van der Waals surface area contributed by atoms with Crippen LogP contribution in [-0.4, -0.2) is 17.8 Å². The Morgan fingerprint density at radius 3 is 2.00 bits per heavy atom. The summed E-state index contributed by atoms with van der Waals surface area (Å²) in [6.07, 6.45) is 0.623. The van der Waals surface area contributed by atoms with E-state index in [1.54, 1.807) is 0 Å². The van der Waals surface area contributed by atoms with E-state index in [1.807, 2.05) is 24.3 Å². The molecule has 1 aromatic carbocycles. The van der Waals surface area contributed by atoms with Crippen molar-refractivity contribution >= 4 is 26.6 Å². The molecule has 0 aliphatic heterocycles. The molecule has 0 unspecified atom stereocenters. The highest BCUT2D eigenvalue weighted by Crippen LogP contribution is 2.08. The molecule has 0 spiro atoms. The Morgan fingerprint density at radius 1 is 1.13 bits per heavy atom. The van der Waals surface area contributed by atoms with Gasteiger partial charge in [0, 0.05) is 6.42 Å². The van der Waals surface area contributed by atoms with Crippen molar-refractivity contribution in [2.24, 2.45) is 0 Å². The molecular formula is C11H11BrO3. The van der Waals surface area contributed by atoms with Gasteiger partial charge >= 0.3 is 5.97 Å². The van der Waals surface area contributed by atoms with Crippen LogP contribution in [0, 0.1) is 0 Å². The first-order chi connectivity index (χ1) is 7.11. The first-order valence-corrected chi connectivity index (χ1v) is 5.24. The third-order valence-corrected chi connectivity index (χ3v) is 2.22. The van der Waals surface area contributed by atoms with Gasteiger partial charge in [0.1, 0.15) is 0 Å². The van der Waals surface area contributed by atoms with Crippen LogP contribution in [-0.2, 0) is 27.2 Å². The zero-order valence-corrected chi connectivity index (χ0v) is 9.91. The highest BCUT2D eigenvalue weighted by atomic mass is 79.9. The zero-order chi connectivity index (χ0) is 11.3. The molecule has 3 nitrogen and oxygen atoms in total. The van der Waals surface area contributed by atoms with Crippen LogP contribution in [0.25, 0.3) is 0 Å². The van der Waals surface area contributed by atoms with E-state index in [0.717, 1.165) is 11.1 Å². The van der Waals surface area contributed by atoms with Gasteiger partial charge in [-0.2, -0.15) is 0 Å². The lowest BCUT2D eigenvalue weighted by Crippen LogP contribution is -2.04. The molecule has 0 aromatic heterocycles. The minimum Gasteiger partial charge on any atom is -0.469 e. The number of carbonyl (C=O) groups excluding carboxylic acids is 2. The standard InChI is InChI=1S/C11H11BrO3/c1-15-11(14)7-9-4-2-8(3-5-9)6-10(12)13/h2-5H,6-7H2,1H3. The SMILES string of the molecule is COC(=O)Cc1ccc(CC(=O)Br)cc1. The fourth-order valence-corrected chi connectivity index (χ4v) is 1.50. The predicted molar refractivity (Wildman–Crippen MR) is 59.8 cm³/mol. The summed E-state index contributed by atoms with van der Waals surface area (Å²) in [5, 5.41) is 0. The van der Waals surface area contributed by atoms with Crippen molar-refractivity contribution in [1.82, 2.24) is 0 Å². The van der Waals surface area contributed by atoms with Gasteiger partial charge in [0.15, 0.2) is 0 Å². The topological polar surface area (TPSA) is 43.4 Å². The van der Waals surface area contributed by atoms with Crippen LogP contribution in [0.4, 0.5) is 0 Å². The Kier molecular flexibility index (Phi) is 4.49. The van der Waals surface area contributed by atoms with Crippen molar-refractivity contribution in [2.45, 2.75) is 12.8 Å². The van der Waals surface area contributed by atoms with E-state index in [0.29, 0.717) is 6.42 Å². The minimum atomic E-state index is -0.265. The normalized spacial score (nSPS) is 9.73. The van der Waals surface area contributed by atoms with Crippen LogP contribution >= 0.6 is 15.9 Å². The average Bonchev–Trinajstić information content (AvgIpc) is 2.20. The smallest absolute Gasteiger partial charge is 0.309 e. The molecule has 15 heavy (non-hydrogen) atoms. The second-order valence-corrected chi connectivity index (χ2v) is 3.99. The van der Waals surface area contributed by atoms with Crippen LogP contribution in [0.15, 0.2) is 24.3 Å². The molecule has 80 valence electrons. The Labute approximate surface area is 96.6 Å². The van der Waals surface area contributed by atoms with Gasteiger partial charge in [-0.1, -0.05) is 24.3 Å². The van der Waals surface area contributed by atoms with Crippen molar-refractivity contribution in [2.75, 3.05) is 7.11 Å². The lowest BCUT2D eigenvalue weighted by Gasteiger charge is -2.01. The number of benzene rings is 1. The van der Waals surface area contributed by atoms with E-state index in [1.165, 1.54) is 7.11 Å². The molecule has 0 N–H and O–H groups in total. The van der Waals surface area contributed by atoms with Crippen LogP contribution < -0.4 is 0 Å². The molecule has 1 rings (SSSR count). The van der Waals surface area contributed by atoms with Gasteiger partial charge in [0.05, 0.1) is 13.5 Å². The number of hydrogen-bond acceptors (Lipinski definition) is 3. The molecule has 0 aliphatic carbocycles. The second-order valence-electron chi connectivity index (χ2n) is 3.10. The Morgan fingerprint density at radius 2 is 1.60 bits per heavy atom. The van der Waals surface area contributed by atoms with Gasteiger partial charge in [0.2, 0.25) is 4.69 Å². The fourth-order valence-electron chi connectivity index (χ4n) is 1.17. The average molecular weight is 271 g/mol. The van der Waals surface area contributed by atoms with Gasteiger partial charge in [-0.3, -0.25) is 9.59 Å². The molecule has 0 aliphatic rings. The van der Waals surface area contributed by atoms with Crippen LogP contribution in [0.1, 0.15) is 11.1 Å². The summed E-state index contributed by atoms with van der Waals surface area (Å²) in [5.74, 6) is -0.265. The lowest BCUT2D eigenvalue weighted by atomic mass is 10.1. The van der Waals surface area contributed by atoms with E-state index in [-0.39, 0.29) is 17.1 Å². The molecule has 4 heteroatoms. The highest BCUT2D eigenvalue weighted by molar-refractivity contribution is 9.18. The van der Waals surface area contributed by atoms with Crippen molar-refractivity contribution in [3.05, 3.63) is 35.4 Å². The molecule has 0 heterocycles. The first-order valence-electron chi connectivity index (χ1n) is 4.45. The lowest BCUT2D eigenvalue weighted by molar-refractivity contribution is -0.139. The summed E-state index contributed by atoms with van der Waals surface area (Å²) in [5.41, 5.74) is 1.80. The quantitative estimate of drug-likeness (QED) is 0.620. The monoisotopic (exact) mass is 270 g/mol. The van der Waals surface area contributed by atoms with Crippen LogP contribution in [0.3, 0.4) is 0 Å². The summed E-state index contributed by atoms with van der Waals surface area (Å²) in [4.78, 5) is 21.7. The maximum absolute atomic E-state index is 11.0. The summed E-state index contributed by atoms with van der Waals surface area (Å²) >= 11 is 2.87. The maximum atomic E-state index is 11.0. The Balaban J connectivity index is 2.64. The number of methoxy groups -OCH3 is 1. The molecular weight excluding hydrogens is 260 g/mol. The number of carbonyl (C=O) groups is 2. The number of hydrogen-bond donors (Lipinski definition) is 0. The summed E-state index contributed by atoms with van der Waals surface area (Å²) in [6, 6.07) is 7.30. The molecule has 0 amide bonds. The number of esters is 1. The van der Waals surface area contributed by atoms with Gasteiger partial charge in [0.25, 0.3) is 0 Å². The molecule has 0 bridgehead atoms. The number of rotatable bonds is 4. The van der Waals surface area contributed by atoms with Crippen molar-refractivity contribution < 1.29 is 14.3 Å². The van der Waals surface area contributed by atoms with E-state index in [4.69, 9.17) is 0 Å². The van der Waals surface area contributed by atoms with Gasteiger partial charge in [-0.15, -0.1) is 0 Å². The van der Waals surface area contributed by atoms with Crippen molar-refractivity contribution in [3.63, 3.8) is 0 Å². The van der Waals surface area contributed by atoms with Crippen LogP contribution in [0.2, 0.25) is 0 Å². The first kappa shape index (κ1) is 11.9. The zero-order valence-electron chi connectivity index (χ0n) is 8.33. The van der Waals surface area contributed by atoms with Gasteiger partial charge in [-0.25, -0.2) is 0 Å².